The highest BCUT2D eigenvalue weighted by molar-refractivity contribution is 6.32. The van der Waals surface area contributed by atoms with Crippen LogP contribution in [0.1, 0.15) is 0 Å². The summed E-state index contributed by atoms with van der Waals surface area (Å²) in [5.74, 6) is -0.411. The molecule has 6 nitrogen and oxygen atoms in total. The largest absolute Gasteiger partial charge is 0.341 e. The van der Waals surface area contributed by atoms with Gasteiger partial charge in [-0.05, 0) is 12.1 Å². The molecule has 0 aromatic carbocycles. The van der Waals surface area contributed by atoms with Gasteiger partial charge in [-0.15, -0.1) is 0 Å². The minimum absolute atomic E-state index is 0.127. The summed E-state index contributed by atoms with van der Waals surface area (Å²) in [6.07, 6.45) is 2.48. The van der Waals surface area contributed by atoms with Crippen LogP contribution in [0.4, 0.5) is 16.2 Å². The smallest absolute Gasteiger partial charge is 0.319 e. The van der Waals surface area contributed by atoms with Gasteiger partial charge in [-0.25, -0.2) is 9.78 Å². The van der Waals surface area contributed by atoms with Crippen molar-refractivity contribution in [2.45, 2.75) is 0 Å². The van der Waals surface area contributed by atoms with Gasteiger partial charge in [0.15, 0.2) is 5.15 Å². The molecule has 0 bridgehead atoms. The van der Waals surface area contributed by atoms with Crippen LogP contribution in [0, 0.1) is 0 Å². The van der Waals surface area contributed by atoms with Crippen LogP contribution in [0.15, 0.2) is 24.9 Å². The Labute approximate surface area is 103 Å². The number of hydrogen-bond acceptors (Lipinski definition) is 3. The van der Waals surface area contributed by atoms with Crippen LogP contribution in [0.3, 0.4) is 0 Å². The highest BCUT2D eigenvalue weighted by Crippen LogP contribution is 2.22. The Balaban J connectivity index is 2.89. The Morgan fingerprint density at radius 1 is 1.47 bits per heavy atom. The third kappa shape index (κ3) is 3.76. The van der Waals surface area contributed by atoms with Crippen molar-refractivity contribution in [3.8, 4) is 0 Å². The summed E-state index contributed by atoms with van der Waals surface area (Å²) in [5, 5.41) is 7.48. The third-order valence-electron chi connectivity index (χ3n) is 1.77. The molecule has 0 atom stereocenters. The second kappa shape index (κ2) is 5.86. The monoisotopic (exact) mass is 254 g/mol. The lowest BCUT2D eigenvalue weighted by molar-refractivity contribution is -0.111. The Morgan fingerprint density at radius 2 is 2.18 bits per heavy atom. The van der Waals surface area contributed by atoms with Crippen molar-refractivity contribution >= 4 is 34.9 Å². The predicted octanol–water partition coefficient (Wildman–Crippen LogP) is 1.61. The fraction of sp³-hybridized carbons (Fsp3) is 0.100. The summed E-state index contributed by atoms with van der Waals surface area (Å²) in [7, 11) is 1.49. The number of aromatic nitrogens is 1. The normalized spacial score (nSPS) is 9.29. The molecule has 0 aliphatic heterocycles. The number of rotatable bonds is 3. The van der Waals surface area contributed by atoms with Crippen LogP contribution in [0.25, 0.3) is 0 Å². The molecule has 0 saturated carbocycles. The summed E-state index contributed by atoms with van der Waals surface area (Å²) in [4.78, 5) is 26.0. The molecule has 1 heterocycles. The van der Waals surface area contributed by atoms with Gasteiger partial charge in [0.05, 0.1) is 17.6 Å². The lowest BCUT2D eigenvalue weighted by Crippen LogP contribution is -2.24. The molecule has 0 aliphatic rings. The van der Waals surface area contributed by atoms with Gasteiger partial charge in [0.1, 0.15) is 0 Å². The van der Waals surface area contributed by atoms with Gasteiger partial charge in [-0.2, -0.15) is 0 Å². The Kier molecular flexibility index (Phi) is 4.47. The van der Waals surface area contributed by atoms with E-state index in [1.807, 2.05) is 0 Å². The molecule has 3 amide bonds. The van der Waals surface area contributed by atoms with Crippen LogP contribution in [0.5, 0.6) is 0 Å². The van der Waals surface area contributed by atoms with Gasteiger partial charge in [0.2, 0.25) is 5.91 Å². The summed E-state index contributed by atoms with van der Waals surface area (Å²) in [6.45, 7) is 3.32. The average molecular weight is 255 g/mol. The van der Waals surface area contributed by atoms with Gasteiger partial charge in [0.25, 0.3) is 0 Å². The van der Waals surface area contributed by atoms with E-state index in [0.717, 1.165) is 6.08 Å². The highest BCUT2D eigenvalue weighted by atomic mass is 35.5. The summed E-state index contributed by atoms with van der Waals surface area (Å²) in [6, 6.07) is 1.10. The van der Waals surface area contributed by atoms with Crippen molar-refractivity contribution in [1.29, 1.82) is 0 Å². The van der Waals surface area contributed by atoms with E-state index >= 15 is 0 Å². The minimum atomic E-state index is -0.411. The molecule has 1 rings (SSSR count). The first kappa shape index (κ1) is 13.0. The number of carbonyl (C=O) groups excluding carboxylic acids is 2. The maximum Gasteiger partial charge on any atom is 0.319 e. The molecule has 0 unspecified atom stereocenters. The molecule has 1 aromatic rings. The third-order valence-corrected chi connectivity index (χ3v) is 2.07. The molecule has 0 saturated heterocycles. The molecule has 0 radical (unpaired) electrons. The predicted molar refractivity (Wildman–Crippen MR) is 66.2 cm³/mol. The first-order chi connectivity index (χ1) is 8.06. The molecule has 3 N–H and O–H groups in total. The van der Waals surface area contributed by atoms with E-state index < -0.39 is 11.9 Å². The lowest BCUT2D eigenvalue weighted by Gasteiger charge is -2.08. The van der Waals surface area contributed by atoms with Crippen molar-refractivity contribution in [1.82, 2.24) is 10.3 Å². The Morgan fingerprint density at radius 3 is 2.76 bits per heavy atom. The molecule has 1 aromatic heterocycles. The maximum atomic E-state index is 11.1. The lowest BCUT2D eigenvalue weighted by atomic mass is 10.3. The van der Waals surface area contributed by atoms with Gasteiger partial charge in [-0.3, -0.25) is 4.79 Å². The summed E-state index contributed by atoms with van der Waals surface area (Å²) >= 11 is 5.78. The number of pyridine rings is 1. The van der Waals surface area contributed by atoms with Crippen molar-refractivity contribution in [3.63, 3.8) is 0 Å². The number of carbonyl (C=O) groups is 2. The van der Waals surface area contributed by atoms with E-state index in [4.69, 9.17) is 11.6 Å². The number of hydrogen-bond donors (Lipinski definition) is 3. The second-order valence-electron chi connectivity index (χ2n) is 2.96. The van der Waals surface area contributed by atoms with E-state index in [1.54, 1.807) is 0 Å². The van der Waals surface area contributed by atoms with Crippen molar-refractivity contribution in [3.05, 3.63) is 30.1 Å². The number of anilines is 2. The summed E-state index contributed by atoms with van der Waals surface area (Å²) < 4.78 is 0. The first-order valence-corrected chi connectivity index (χ1v) is 5.02. The quantitative estimate of drug-likeness (QED) is 0.566. The van der Waals surface area contributed by atoms with Crippen LogP contribution < -0.4 is 16.0 Å². The minimum Gasteiger partial charge on any atom is -0.341 e. The zero-order valence-electron chi connectivity index (χ0n) is 9.08. The molecule has 0 fully saturated rings. The number of nitrogens with zero attached hydrogens (tertiary/aromatic N) is 1. The van der Waals surface area contributed by atoms with Gasteiger partial charge < -0.3 is 16.0 Å². The SMILES string of the molecule is C=CC(=O)Nc1cc(NC(=O)NC)cnc1Cl. The van der Waals surface area contributed by atoms with E-state index in [-0.39, 0.29) is 5.15 Å². The number of urea groups is 1. The van der Waals surface area contributed by atoms with Crippen molar-refractivity contribution in [2.75, 3.05) is 17.7 Å². The highest BCUT2D eigenvalue weighted by Gasteiger charge is 2.07. The van der Waals surface area contributed by atoms with Crippen LogP contribution >= 0.6 is 11.6 Å². The zero-order valence-corrected chi connectivity index (χ0v) is 9.84. The Bertz CT molecular complexity index is 462. The van der Waals surface area contributed by atoms with Gasteiger partial charge in [-0.1, -0.05) is 18.2 Å². The van der Waals surface area contributed by atoms with E-state index in [9.17, 15) is 9.59 Å². The fourth-order valence-corrected chi connectivity index (χ4v) is 1.13. The Hall–Kier alpha value is -2.08. The van der Waals surface area contributed by atoms with Crippen LogP contribution in [-0.2, 0) is 4.79 Å². The molecule has 7 heteroatoms. The molecule has 0 spiro atoms. The number of amides is 3. The average Bonchev–Trinajstić information content (AvgIpc) is 2.33. The fourth-order valence-electron chi connectivity index (χ4n) is 0.981. The molecule has 17 heavy (non-hydrogen) atoms. The van der Waals surface area contributed by atoms with E-state index in [1.165, 1.54) is 19.3 Å². The molecule has 0 aliphatic carbocycles. The van der Waals surface area contributed by atoms with Gasteiger partial charge in [0, 0.05) is 7.05 Å². The molecule has 90 valence electrons. The van der Waals surface area contributed by atoms with Crippen molar-refractivity contribution in [2.24, 2.45) is 0 Å². The molecular formula is C10H11ClN4O2. The van der Waals surface area contributed by atoms with E-state index in [0.29, 0.717) is 11.4 Å². The van der Waals surface area contributed by atoms with Crippen LogP contribution in [0.2, 0.25) is 5.15 Å². The zero-order chi connectivity index (χ0) is 12.8. The topological polar surface area (TPSA) is 83.1 Å². The second-order valence-corrected chi connectivity index (χ2v) is 3.32. The van der Waals surface area contributed by atoms with Crippen LogP contribution in [-0.4, -0.2) is 24.0 Å². The van der Waals surface area contributed by atoms with Gasteiger partial charge >= 0.3 is 6.03 Å². The number of nitrogens with one attached hydrogen (secondary N) is 3. The standard InChI is InChI=1S/C10H11ClN4O2/c1-3-8(16)15-7-4-6(5-13-9(7)11)14-10(17)12-2/h3-5H,1H2,2H3,(H,15,16)(H2,12,14,17). The summed E-state index contributed by atoms with van der Waals surface area (Å²) in [5.41, 5.74) is 0.707. The van der Waals surface area contributed by atoms with E-state index in [2.05, 4.69) is 27.5 Å². The maximum absolute atomic E-state index is 11.1. The first-order valence-electron chi connectivity index (χ1n) is 4.64. The molecular weight excluding hydrogens is 244 g/mol. The number of halogens is 1. The van der Waals surface area contributed by atoms with Crippen molar-refractivity contribution < 1.29 is 9.59 Å².